The zero-order chi connectivity index (χ0) is 14.3. The van der Waals surface area contributed by atoms with Crippen molar-refractivity contribution in [2.24, 2.45) is 11.3 Å². The predicted octanol–water partition coefficient (Wildman–Crippen LogP) is 1.87. The molecule has 5 nitrogen and oxygen atoms in total. The van der Waals surface area contributed by atoms with E-state index in [4.69, 9.17) is 4.74 Å². The summed E-state index contributed by atoms with van der Waals surface area (Å²) in [5, 5.41) is 0. The molecule has 1 saturated carbocycles. The Hall–Kier alpha value is -1.65. The molecule has 3 rings (SSSR count). The van der Waals surface area contributed by atoms with Crippen LogP contribution < -0.4 is 4.90 Å². The molecule has 1 aromatic rings. The minimum absolute atomic E-state index is 0.0631. The van der Waals surface area contributed by atoms with E-state index >= 15 is 0 Å². The molecule has 2 heterocycles. The molecule has 108 valence electrons. The zero-order valence-corrected chi connectivity index (χ0v) is 12.3. The van der Waals surface area contributed by atoms with Gasteiger partial charge in [0.2, 0.25) is 5.95 Å². The number of esters is 1. The lowest BCUT2D eigenvalue weighted by atomic mass is 9.81. The van der Waals surface area contributed by atoms with Crippen molar-refractivity contribution in [2.75, 3.05) is 25.1 Å². The molecule has 0 bridgehead atoms. The normalized spacial score (nSPS) is 28.6. The smallest absolute Gasteiger partial charge is 0.313 e. The van der Waals surface area contributed by atoms with Crippen molar-refractivity contribution in [3.05, 3.63) is 17.5 Å². The number of anilines is 1. The summed E-state index contributed by atoms with van der Waals surface area (Å²) in [6.45, 7) is 5.50. The maximum atomic E-state index is 12.2. The fourth-order valence-electron chi connectivity index (χ4n) is 3.83. The van der Waals surface area contributed by atoms with Crippen LogP contribution in [-0.2, 0) is 9.53 Å². The van der Waals surface area contributed by atoms with Gasteiger partial charge in [0.15, 0.2) is 0 Å². The highest BCUT2D eigenvalue weighted by Gasteiger charge is 2.55. The molecule has 20 heavy (non-hydrogen) atoms. The van der Waals surface area contributed by atoms with Crippen LogP contribution >= 0.6 is 0 Å². The highest BCUT2D eigenvalue weighted by atomic mass is 16.5. The monoisotopic (exact) mass is 275 g/mol. The number of carbonyl (C=O) groups excluding carboxylic acids is 1. The maximum Gasteiger partial charge on any atom is 0.313 e. The molecule has 1 aromatic heterocycles. The largest absolute Gasteiger partial charge is 0.469 e. The summed E-state index contributed by atoms with van der Waals surface area (Å²) in [5.41, 5.74) is 1.60. The first-order chi connectivity index (χ1) is 9.55. The average molecular weight is 275 g/mol. The Kier molecular flexibility index (Phi) is 3.15. The van der Waals surface area contributed by atoms with E-state index in [1.165, 1.54) is 7.11 Å². The fraction of sp³-hybridized carbons (Fsp3) is 0.667. The second kappa shape index (κ2) is 4.72. The highest BCUT2D eigenvalue weighted by molar-refractivity contribution is 5.79. The molecule has 5 heteroatoms. The number of aromatic nitrogens is 2. The Bertz CT molecular complexity index is 526. The first-order valence-electron chi connectivity index (χ1n) is 7.21. The molecule has 1 saturated heterocycles. The van der Waals surface area contributed by atoms with Gasteiger partial charge in [-0.15, -0.1) is 0 Å². The van der Waals surface area contributed by atoms with Gasteiger partial charge in [-0.2, -0.15) is 0 Å². The quantitative estimate of drug-likeness (QED) is 0.771. The van der Waals surface area contributed by atoms with Gasteiger partial charge in [0, 0.05) is 24.5 Å². The van der Waals surface area contributed by atoms with Crippen LogP contribution in [0.15, 0.2) is 6.07 Å². The molecular formula is C15H21N3O2. The summed E-state index contributed by atoms with van der Waals surface area (Å²) in [7, 11) is 1.49. The van der Waals surface area contributed by atoms with E-state index in [0.29, 0.717) is 12.5 Å². The van der Waals surface area contributed by atoms with Gasteiger partial charge in [0.05, 0.1) is 12.5 Å². The van der Waals surface area contributed by atoms with Crippen LogP contribution in [0.1, 0.15) is 30.7 Å². The number of nitrogens with zero attached hydrogens (tertiary/aromatic N) is 3. The van der Waals surface area contributed by atoms with Gasteiger partial charge in [-0.3, -0.25) is 4.79 Å². The number of hydrogen-bond donors (Lipinski definition) is 0. The van der Waals surface area contributed by atoms with Crippen molar-refractivity contribution in [3.8, 4) is 0 Å². The van der Waals surface area contributed by atoms with E-state index in [-0.39, 0.29) is 11.4 Å². The number of aryl methyl sites for hydroxylation is 2. The maximum absolute atomic E-state index is 12.2. The van der Waals surface area contributed by atoms with Crippen molar-refractivity contribution >= 4 is 11.9 Å². The van der Waals surface area contributed by atoms with Gasteiger partial charge in [-0.05, 0) is 38.7 Å². The number of rotatable bonds is 2. The Morgan fingerprint density at radius 3 is 2.75 bits per heavy atom. The first-order valence-corrected chi connectivity index (χ1v) is 7.21. The number of methoxy groups -OCH3 is 1. The molecule has 0 amide bonds. The Morgan fingerprint density at radius 2 is 2.10 bits per heavy atom. The number of hydrogen-bond acceptors (Lipinski definition) is 5. The van der Waals surface area contributed by atoms with E-state index in [0.717, 1.165) is 43.1 Å². The van der Waals surface area contributed by atoms with Crippen molar-refractivity contribution in [1.29, 1.82) is 0 Å². The fourth-order valence-corrected chi connectivity index (χ4v) is 3.83. The van der Waals surface area contributed by atoms with Gasteiger partial charge < -0.3 is 9.64 Å². The molecule has 2 fully saturated rings. The van der Waals surface area contributed by atoms with Gasteiger partial charge in [-0.25, -0.2) is 9.97 Å². The lowest BCUT2D eigenvalue weighted by molar-refractivity contribution is -0.152. The van der Waals surface area contributed by atoms with Crippen LogP contribution in [0.5, 0.6) is 0 Å². The van der Waals surface area contributed by atoms with Crippen molar-refractivity contribution in [3.63, 3.8) is 0 Å². The third-order valence-electron chi connectivity index (χ3n) is 4.72. The molecule has 2 unspecified atom stereocenters. The summed E-state index contributed by atoms with van der Waals surface area (Å²) in [6, 6.07) is 1.97. The van der Waals surface area contributed by atoms with Gasteiger partial charge in [-0.1, -0.05) is 6.42 Å². The molecule has 0 spiro atoms. The summed E-state index contributed by atoms with van der Waals surface area (Å²) in [5.74, 6) is 1.06. The van der Waals surface area contributed by atoms with E-state index < -0.39 is 0 Å². The molecule has 1 aliphatic carbocycles. The SMILES string of the molecule is COC(=O)C12CCCC1CN(c1nc(C)cc(C)n1)C2. The summed E-state index contributed by atoms with van der Waals surface area (Å²) in [4.78, 5) is 23.4. The average Bonchev–Trinajstić information content (AvgIpc) is 2.93. The van der Waals surface area contributed by atoms with Crippen LogP contribution in [0, 0.1) is 25.2 Å². The second-order valence-corrected chi connectivity index (χ2v) is 6.07. The Morgan fingerprint density at radius 1 is 1.40 bits per heavy atom. The Balaban J connectivity index is 1.90. The highest BCUT2D eigenvalue weighted by Crippen LogP contribution is 2.49. The van der Waals surface area contributed by atoms with E-state index in [2.05, 4.69) is 14.9 Å². The van der Waals surface area contributed by atoms with Gasteiger partial charge in [0.1, 0.15) is 0 Å². The number of carbonyl (C=O) groups is 1. The van der Waals surface area contributed by atoms with Crippen LogP contribution in [0.25, 0.3) is 0 Å². The van der Waals surface area contributed by atoms with Gasteiger partial charge in [0.25, 0.3) is 0 Å². The predicted molar refractivity (Wildman–Crippen MR) is 75.5 cm³/mol. The van der Waals surface area contributed by atoms with E-state index in [1.54, 1.807) is 0 Å². The van der Waals surface area contributed by atoms with Crippen molar-refractivity contribution < 1.29 is 9.53 Å². The van der Waals surface area contributed by atoms with Crippen LogP contribution in [-0.4, -0.2) is 36.1 Å². The molecule has 0 N–H and O–H groups in total. The summed E-state index contributed by atoms with van der Waals surface area (Å²) < 4.78 is 5.06. The second-order valence-electron chi connectivity index (χ2n) is 6.07. The third-order valence-corrected chi connectivity index (χ3v) is 4.72. The topological polar surface area (TPSA) is 55.3 Å². The molecule has 0 radical (unpaired) electrons. The minimum atomic E-state index is -0.338. The van der Waals surface area contributed by atoms with E-state index in [1.807, 2.05) is 19.9 Å². The van der Waals surface area contributed by atoms with Gasteiger partial charge >= 0.3 is 5.97 Å². The minimum Gasteiger partial charge on any atom is -0.469 e. The third kappa shape index (κ3) is 1.96. The molecule has 2 aliphatic rings. The molecular weight excluding hydrogens is 254 g/mol. The zero-order valence-electron chi connectivity index (χ0n) is 12.3. The first kappa shape index (κ1) is 13.3. The van der Waals surface area contributed by atoms with Crippen molar-refractivity contribution in [1.82, 2.24) is 9.97 Å². The lowest BCUT2D eigenvalue weighted by Gasteiger charge is -2.25. The summed E-state index contributed by atoms with van der Waals surface area (Å²) in [6.07, 6.45) is 3.13. The molecule has 1 aliphatic heterocycles. The molecule has 0 aromatic carbocycles. The number of ether oxygens (including phenoxy) is 1. The summed E-state index contributed by atoms with van der Waals surface area (Å²) >= 11 is 0. The van der Waals surface area contributed by atoms with Crippen LogP contribution in [0.3, 0.4) is 0 Å². The van der Waals surface area contributed by atoms with Crippen molar-refractivity contribution in [2.45, 2.75) is 33.1 Å². The Labute approximate surface area is 119 Å². The standard InChI is InChI=1S/C15H21N3O2/c1-10-7-11(2)17-14(16-10)18-8-12-5-4-6-15(12,9-18)13(19)20-3/h7,12H,4-6,8-9H2,1-3H3. The van der Waals surface area contributed by atoms with Crippen LogP contribution in [0.2, 0.25) is 0 Å². The lowest BCUT2D eigenvalue weighted by Crippen LogP contribution is -2.37. The number of fused-ring (bicyclic) bond motifs is 1. The van der Waals surface area contributed by atoms with E-state index in [9.17, 15) is 4.79 Å². The molecule has 2 atom stereocenters. The van der Waals surface area contributed by atoms with Crippen LogP contribution in [0.4, 0.5) is 5.95 Å².